The van der Waals surface area contributed by atoms with Gasteiger partial charge in [0.2, 0.25) is 10.0 Å². The molecule has 0 aromatic heterocycles. The minimum absolute atomic E-state index is 0.193. The van der Waals surface area contributed by atoms with E-state index in [4.69, 9.17) is 0 Å². The van der Waals surface area contributed by atoms with Crippen molar-refractivity contribution in [3.05, 3.63) is 35.9 Å². The number of sulfonamides is 1. The molecule has 0 amide bonds. The van der Waals surface area contributed by atoms with Crippen molar-refractivity contribution in [2.24, 2.45) is 0 Å². The standard InChI is InChI=1S/C15H25N3O2S/c19-21(20,14-13-18-11-9-16-10-12-18)17-8-4-7-15-5-2-1-3-6-15/h1-3,5-6,16-17H,4,7-14H2. The van der Waals surface area contributed by atoms with E-state index in [1.54, 1.807) is 0 Å². The molecule has 118 valence electrons. The molecule has 2 rings (SSSR count). The van der Waals surface area contributed by atoms with Crippen molar-refractivity contribution in [2.75, 3.05) is 45.0 Å². The first-order valence-electron chi connectivity index (χ1n) is 7.60. The minimum atomic E-state index is -3.15. The lowest BCUT2D eigenvalue weighted by molar-refractivity contribution is 0.253. The second-order valence-corrected chi connectivity index (χ2v) is 7.32. The number of nitrogens with zero attached hydrogens (tertiary/aromatic N) is 1. The van der Waals surface area contributed by atoms with Crippen molar-refractivity contribution < 1.29 is 8.42 Å². The minimum Gasteiger partial charge on any atom is -0.314 e. The van der Waals surface area contributed by atoms with Crippen LogP contribution in [0.2, 0.25) is 0 Å². The van der Waals surface area contributed by atoms with Gasteiger partial charge in [0.1, 0.15) is 0 Å². The topological polar surface area (TPSA) is 61.4 Å². The zero-order valence-electron chi connectivity index (χ0n) is 12.4. The smallest absolute Gasteiger partial charge is 0.212 e. The van der Waals surface area contributed by atoms with E-state index in [9.17, 15) is 8.42 Å². The Hall–Kier alpha value is -0.950. The van der Waals surface area contributed by atoms with E-state index in [2.05, 4.69) is 27.1 Å². The molecule has 1 aromatic carbocycles. The SMILES string of the molecule is O=S(=O)(CCN1CCNCC1)NCCCc1ccccc1. The summed E-state index contributed by atoms with van der Waals surface area (Å²) in [6.07, 6.45) is 1.73. The molecule has 1 aliphatic rings. The van der Waals surface area contributed by atoms with E-state index in [0.29, 0.717) is 13.1 Å². The Balaban J connectivity index is 1.62. The average Bonchev–Trinajstić information content (AvgIpc) is 2.52. The molecule has 1 heterocycles. The molecule has 0 bridgehead atoms. The monoisotopic (exact) mass is 311 g/mol. The third kappa shape index (κ3) is 6.56. The summed E-state index contributed by atoms with van der Waals surface area (Å²) in [5.41, 5.74) is 1.25. The van der Waals surface area contributed by atoms with Gasteiger partial charge in [0.25, 0.3) is 0 Å². The Morgan fingerprint density at radius 2 is 1.86 bits per heavy atom. The zero-order chi connectivity index (χ0) is 15.0. The molecule has 21 heavy (non-hydrogen) atoms. The fourth-order valence-electron chi connectivity index (χ4n) is 2.42. The first-order chi connectivity index (χ1) is 10.2. The quantitative estimate of drug-likeness (QED) is 0.684. The Labute approximate surface area is 127 Å². The number of hydrogen-bond acceptors (Lipinski definition) is 4. The van der Waals surface area contributed by atoms with Gasteiger partial charge >= 0.3 is 0 Å². The van der Waals surface area contributed by atoms with Crippen molar-refractivity contribution in [2.45, 2.75) is 12.8 Å². The molecular formula is C15H25N3O2S. The maximum absolute atomic E-state index is 11.9. The van der Waals surface area contributed by atoms with Crippen LogP contribution in [0.3, 0.4) is 0 Å². The Bertz CT molecular complexity index is 499. The molecule has 2 N–H and O–H groups in total. The molecule has 0 spiro atoms. The number of hydrogen-bond donors (Lipinski definition) is 2. The second kappa shape index (κ2) is 8.48. The van der Waals surface area contributed by atoms with Crippen LogP contribution in [-0.2, 0) is 16.4 Å². The summed E-state index contributed by atoms with van der Waals surface area (Å²) >= 11 is 0. The molecule has 1 saturated heterocycles. The molecule has 0 saturated carbocycles. The van der Waals surface area contributed by atoms with Crippen molar-refractivity contribution in [1.29, 1.82) is 0 Å². The van der Waals surface area contributed by atoms with Gasteiger partial charge in [-0.15, -0.1) is 0 Å². The number of benzene rings is 1. The van der Waals surface area contributed by atoms with E-state index in [-0.39, 0.29) is 5.75 Å². The highest BCUT2D eigenvalue weighted by atomic mass is 32.2. The number of aryl methyl sites for hydroxylation is 1. The molecule has 6 heteroatoms. The third-order valence-electron chi connectivity index (χ3n) is 3.69. The van der Waals surface area contributed by atoms with Crippen LogP contribution >= 0.6 is 0 Å². The maximum Gasteiger partial charge on any atom is 0.212 e. The summed E-state index contributed by atoms with van der Waals surface area (Å²) in [5.74, 6) is 0.193. The molecule has 0 atom stereocenters. The molecule has 1 fully saturated rings. The molecular weight excluding hydrogens is 286 g/mol. The fraction of sp³-hybridized carbons (Fsp3) is 0.600. The maximum atomic E-state index is 11.9. The number of piperazine rings is 1. The normalized spacial score (nSPS) is 17.0. The third-order valence-corrected chi connectivity index (χ3v) is 5.06. The van der Waals surface area contributed by atoms with Crippen LogP contribution in [0.4, 0.5) is 0 Å². The van der Waals surface area contributed by atoms with E-state index in [1.807, 2.05) is 18.2 Å². The van der Waals surface area contributed by atoms with Crippen LogP contribution in [0.1, 0.15) is 12.0 Å². The highest BCUT2D eigenvalue weighted by molar-refractivity contribution is 7.89. The number of nitrogens with one attached hydrogen (secondary N) is 2. The summed E-state index contributed by atoms with van der Waals surface area (Å²) in [7, 11) is -3.15. The van der Waals surface area contributed by atoms with Crippen molar-refractivity contribution in [1.82, 2.24) is 14.9 Å². The molecule has 5 nitrogen and oxygen atoms in total. The van der Waals surface area contributed by atoms with E-state index in [1.165, 1.54) is 5.56 Å². The lowest BCUT2D eigenvalue weighted by Crippen LogP contribution is -2.46. The number of rotatable bonds is 8. The van der Waals surface area contributed by atoms with Crippen LogP contribution < -0.4 is 10.0 Å². The van der Waals surface area contributed by atoms with Gasteiger partial charge in [0, 0.05) is 39.3 Å². The van der Waals surface area contributed by atoms with Crippen LogP contribution in [0.25, 0.3) is 0 Å². The first kappa shape index (κ1) is 16.4. The first-order valence-corrected chi connectivity index (χ1v) is 9.25. The van der Waals surface area contributed by atoms with Gasteiger partial charge in [0.05, 0.1) is 5.75 Å². The summed E-state index contributed by atoms with van der Waals surface area (Å²) in [6, 6.07) is 10.1. The predicted octanol–water partition coefficient (Wildman–Crippen LogP) is 0.444. The van der Waals surface area contributed by atoms with Gasteiger partial charge in [0.15, 0.2) is 0 Å². The summed E-state index contributed by atoms with van der Waals surface area (Å²) in [5, 5.41) is 3.26. The molecule has 0 aliphatic carbocycles. The average molecular weight is 311 g/mol. The Morgan fingerprint density at radius 3 is 2.57 bits per heavy atom. The summed E-state index contributed by atoms with van der Waals surface area (Å²) in [6.45, 7) is 4.90. The van der Waals surface area contributed by atoms with Gasteiger partial charge in [-0.05, 0) is 18.4 Å². The van der Waals surface area contributed by atoms with Crippen LogP contribution in [0.15, 0.2) is 30.3 Å². The van der Waals surface area contributed by atoms with Gasteiger partial charge in [-0.3, -0.25) is 4.90 Å². The lowest BCUT2D eigenvalue weighted by atomic mass is 10.1. The van der Waals surface area contributed by atoms with Crippen LogP contribution in [0, 0.1) is 0 Å². The summed E-state index contributed by atoms with van der Waals surface area (Å²) < 4.78 is 26.6. The molecule has 1 aliphatic heterocycles. The van der Waals surface area contributed by atoms with E-state index >= 15 is 0 Å². The van der Waals surface area contributed by atoms with E-state index < -0.39 is 10.0 Å². The van der Waals surface area contributed by atoms with Crippen LogP contribution in [0.5, 0.6) is 0 Å². The van der Waals surface area contributed by atoms with Gasteiger partial charge in [-0.2, -0.15) is 0 Å². The largest absolute Gasteiger partial charge is 0.314 e. The molecule has 0 radical (unpaired) electrons. The van der Waals surface area contributed by atoms with Crippen molar-refractivity contribution >= 4 is 10.0 Å². The van der Waals surface area contributed by atoms with E-state index in [0.717, 1.165) is 39.0 Å². The lowest BCUT2D eigenvalue weighted by Gasteiger charge is -2.26. The van der Waals surface area contributed by atoms with Gasteiger partial charge in [-0.25, -0.2) is 13.1 Å². The predicted molar refractivity (Wildman–Crippen MR) is 85.9 cm³/mol. The van der Waals surface area contributed by atoms with Gasteiger partial charge in [-0.1, -0.05) is 30.3 Å². The molecule has 1 aromatic rings. The van der Waals surface area contributed by atoms with Crippen LogP contribution in [-0.4, -0.2) is 58.3 Å². The zero-order valence-corrected chi connectivity index (χ0v) is 13.2. The Morgan fingerprint density at radius 1 is 1.14 bits per heavy atom. The van der Waals surface area contributed by atoms with Gasteiger partial charge < -0.3 is 5.32 Å². The Kier molecular flexibility index (Phi) is 6.63. The fourth-order valence-corrected chi connectivity index (χ4v) is 3.52. The summed E-state index contributed by atoms with van der Waals surface area (Å²) in [4.78, 5) is 2.19. The highest BCUT2D eigenvalue weighted by Crippen LogP contribution is 2.02. The van der Waals surface area contributed by atoms with Crippen molar-refractivity contribution in [3.63, 3.8) is 0 Å². The van der Waals surface area contributed by atoms with Crippen molar-refractivity contribution in [3.8, 4) is 0 Å². The molecule has 0 unspecified atom stereocenters. The highest BCUT2D eigenvalue weighted by Gasteiger charge is 2.14. The second-order valence-electron chi connectivity index (χ2n) is 5.39.